The first-order valence-electron chi connectivity index (χ1n) is 9.85. The lowest BCUT2D eigenvalue weighted by atomic mass is 9.90. The summed E-state index contributed by atoms with van der Waals surface area (Å²) in [5, 5.41) is 5.05. The molecule has 1 aliphatic carbocycles. The van der Waals surface area contributed by atoms with E-state index in [1.165, 1.54) is 0 Å². The number of rotatable bonds is 6. The predicted molar refractivity (Wildman–Crippen MR) is 116 cm³/mol. The number of primary amides is 1. The van der Waals surface area contributed by atoms with Crippen LogP contribution in [0.15, 0.2) is 36.7 Å². The zero-order chi connectivity index (χ0) is 20.4. The standard InChI is InChI=1S/C21H25ClN6O/c1-28(12-19(23)29)15-6-4-14(5-7-15)26-20-10-13(9-18(22)27-20)17-11-25-21-16(17)3-2-8-24-21/h2-3,8-11,14-15H,4-7,12H2,1H3,(H2,23,29)(H,24,25)(H,26,27). The Bertz CT molecular complexity index is 1010. The molecule has 0 aliphatic heterocycles. The molecule has 0 radical (unpaired) electrons. The highest BCUT2D eigenvalue weighted by Gasteiger charge is 2.25. The third-order valence-corrected chi connectivity index (χ3v) is 5.83. The molecule has 0 spiro atoms. The van der Waals surface area contributed by atoms with Crippen molar-refractivity contribution in [1.82, 2.24) is 19.9 Å². The van der Waals surface area contributed by atoms with Gasteiger partial charge in [0, 0.05) is 35.4 Å². The van der Waals surface area contributed by atoms with E-state index in [-0.39, 0.29) is 5.91 Å². The largest absolute Gasteiger partial charge is 0.369 e. The number of hydrogen-bond acceptors (Lipinski definition) is 5. The number of amides is 1. The van der Waals surface area contributed by atoms with E-state index in [0.717, 1.165) is 53.7 Å². The molecule has 1 aliphatic rings. The van der Waals surface area contributed by atoms with E-state index in [1.54, 1.807) is 6.20 Å². The molecule has 0 aromatic carbocycles. The second-order valence-electron chi connectivity index (χ2n) is 7.70. The fraction of sp³-hybridized carbons (Fsp3) is 0.381. The van der Waals surface area contributed by atoms with Crippen LogP contribution in [0.2, 0.25) is 5.15 Å². The van der Waals surface area contributed by atoms with Gasteiger partial charge in [0.05, 0.1) is 6.54 Å². The first kappa shape index (κ1) is 19.7. The van der Waals surface area contributed by atoms with Gasteiger partial charge in [-0.05, 0) is 62.6 Å². The average Bonchev–Trinajstić information content (AvgIpc) is 3.12. The number of anilines is 1. The van der Waals surface area contributed by atoms with Crippen molar-refractivity contribution in [1.29, 1.82) is 0 Å². The highest BCUT2D eigenvalue weighted by atomic mass is 35.5. The van der Waals surface area contributed by atoms with Crippen molar-refractivity contribution in [3.8, 4) is 11.1 Å². The van der Waals surface area contributed by atoms with Gasteiger partial charge in [-0.1, -0.05) is 11.6 Å². The molecular formula is C21H25ClN6O. The number of carbonyl (C=O) groups excluding carboxylic acids is 1. The molecule has 1 saturated carbocycles. The Morgan fingerprint density at radius 3 is 2.90 bits per heavy atom. The van der Waals surface area contributed by atoms with Crippen LogP contribution in [0.5, 0.6) is 0 Å². The minimum atomic E-state index is -0.282. The van der Waals surface area contributed by atoms with Crippen LogP contribution in [0.4, 0.5) is 5.82 Å². The molecule has 0 saturated heterocycles. The third kappa shape index (κ3) is 4.52. The van der Waals surface area contributed by atoms with Crippen molar-refractivity contribution in [3.63, 3.8) is 0 Å². The van der Waals surface area contributed by atoms with Crippen LogP contribution < -0.4 is 11.1 Å². The first-order chi connectivity index (χ1) is 14.0. The molecule has 0 unspecified atom stereocenters. The van der Waals surface area contributed by atoms with Crippen molar-refractivity contribution in [2.24, 2.45) is 5.73 Å². The van der Waals surface area contributed by atoms with Gasteiger partial charge in [0.25, 0.3) is 0 Å². The molecular weight excluding hydrogens is 388 g/mol. The highest BCUT2D eigenvalue weighted by Crippen LogP contribution is 2.31. The van der Waals surface area contributed by atoms with E-state index in [0.29, 0.717) is 23.8 Å². The van der Waals surface area contributed by atoms with Crippen molar-refractivity contribution in [2.75, 3.05) is 18.9 Å². The Hall–Kier alpha value is -2.64. The molecule has 29 heavy (non-hydrogen) atoms. The van der Waals surface area contributed by atoms with Crippen LogP contribution in [-0.4, -0.2) is 51.4 Å². The van der Waals surface area contributed by atoms with Gasteiger partial charge in [0.1, 0.15) is 16.6 Å². The zero-order valence-electron chi connectivity index (χ0n) is 16.4. The second kappa shape index (κ2) is 8.39. The number of nitrogens with two attached hydrogens (primary N) is 1. The van der Waals surface area contributed by atoms with Crippen LogP contribution in [-0.2, 0) is 4.79 Å². The highest BCUT2D eigenvalue weighted by molar-refractivity contribution is 6.29. The van der Waals surface area contributed by atoms with Gasteiger partial charge in [0.15, 0.2) is 0 Å². The molecule has 1 fully saturated rings. The Labute approximate surface area is 174 Å². The normalized spacial score (nSPS) is 19.6. The van der Waals surface area contributed by atoms with Gasteiger partial charge in [0.2, 0.25) is 5.91 Å². The number of aromatic amines is 1. The number of nitrogens with zero attached hydrogens (tertiary/aromatic N) is 3. The Morgan fingerprint density at radius 1 is 1.34 bits per heavy atom. The minimum absolute atomic E-state index is 0.282. The van der Waals surface area contributed by atoms with E-state index < -0.39 is 0 Å². The molecule has 0 bridgehead atoms. The smallest absolute Gasteiger partial charge is 0.231 e. The minimum Gasteiger partial charge on any atom is -0.369 e. The summed E-state index contributed by atoms with van der Waals surface area (Å²) in [6, 6.07) is 8.60. The quantitative estimate of drug-likeness (QED) is 0.538. The first-order valence-corrected chi connectivity index (χ1v) is 10.2. The summed E-state index contributed by atoms with van der Waals surface area (Å²) in [4.78, 5) is 25.2. The zero-order valence-corrected chi connectivity index (χ0v) is 17.1. The lowest BCUT2D eigenvalue weighted by molar-refractivity contribution is -0.119. The monoisotopic (exact) mass is 412 g/mol. The maximum Gasteiger partial charge on any atom is 0.231 e. The molecule has 7 nitrogen and oxygen atoms in total. The summed E-state index contributed by atoms with van der Waals surface area (Å²) in [6.45, 7) is 0.307. The molecule has 8 heteroatoms. The van der Waals surface area contributed by atoms with E-state index in [4.69, 9.17) is 17.3 Å². The Morgan fingerprint density at radius 2 is 2.14 bits per heavy atom. The van der Waals surface area contributed by atoms with Gasteiger partial charge >= 0.3 is 0 Å². The topological polar surface area (TPSA) is 99.9 Å². The SMILES string of the molecule is CN(CC(N)=O)C1CCC(Nc2cc(-c3c[nH]c4ncccc34)cc(Cl)n2)CC1. The number of aromatic nitrogens is 3. The number of pyridine rings is 2. The fourth-order valence-corrected chi connectivity index (χ4v) is 4.37. The summed E-state index contributed by atoms with van der Waals surface area (Å²) < 4.78 is 0. The number of likely N-dealkylation sites (N-methyl/N-ethyl adjacent to an activating group) is 1. The molecule has 152 valence electrons. The molecule has 1 amide bonds. The van der Waals surface area contributed by atoms with Crippen LogP contribution in [0.3, 0.4) is 0 Å². The van der Waals surface area contributed by atoms with E-state index in [1.807, 2.05) is 37.5 Å². The van der Waals surface area contributed by atoms with Crippen LogP contribution in [0.1, 0.15) is 25.7 Å². The summed E-state index contributed by atoms with van der Waals surface area (Å²) >= 11 is 6.32. The maximum absolute atomic E-state index is 11.1. The van der Waals surface area contributed by atoms with Gasteiger partial charge in [-0.25, -0.2) is 9.97 Å². The van der Waals surface area contributed by atoms with E-state index in [9.17, 15) is 4.79 Å². The number of fused-ring (bicyclic) bond motifs is 1. The van der Waals surface area contributed by atoms with Crippen LogP contribution in [0.25, 0.3) is 22.2 Å². The maximum atomic E-state index is 11.1. The summed E-state index contributed by atoms with van der Waals surface area (Å²) in [5.74, 6) is 0.496. The lowest BCUT2D eigenvalue weighted by Crippen LogP contribution is -2.42. The van der Waals surface area contributed by atoms with Gasteiger partial charge in [-0.2, -0.15) is 0 Å². The van der Waals surface area contributed by atoms with Crippen molar-refractivity contribution >= 4 is 34.4 Å². The lowest BCUT2D eigenvalue weighted by Gasteiger charge is -2.34. The Kier molecular flexibility index (Phi) is 5.69. The fourth-order valence-electron chi connectivity index (χ4n) is 4.17. The summed E-state index contributed by atoms with van der Waals surface area (Å²) in [6.07, 6.45) is 7.77. The van der Waals surface area contributed by atoms with Crippen LogP contribution >= 0.6 is 11.6 Å². The van der Waals surface area contributed by atoms with Gasteiger partial charge < -0.3 is 16.0 Å². The average molecular weight is 413 g/mol. The molecule has 3 heterocycles. The third-order valence-electron chi connectivity index (χ3n) is 5.63. The Balaban J connectivity index is 1.46. The molecule has 4 rings (SSSR count). The van der Waals surface area contributed by atoms with Crippen molar-refractivity contribution in [2.45, 2.75) is 37.8 Å². The second-order valence-corrected chi connectivity index (χ2v) is 8.08. The van der Waals surface area contributed by atoms with Gasteiger partial charge in [-0.15, -0.1) is 0 Å². The summed E-state index contributed by atoms with van der Waals surface area (Å²) in [5.41, 5.74) is 8.22. The van der Waals surface area contributed by atoms with Crippen molar-refractivity contribution in [3.05, 3.63) is 41.8 Å². The number of carbonyl (C=O) groups is 1. The number of halogens is 1. The van der Waals surface area contributed by atoms with E-state index >= 15 is 0 Å². The number of H-pyrrole nitrogens is 1. The predicted octanol–water partition coefficient (Wildman–Crippen LogP) is 3.42. The summed E-state index contributed by atoms with van der Waals surface area (Å²) in [7, 11) is 1.96. The molecule has 3 aromatic heterocycles. The molecule has 0 atom stereocenters. The van der Waals surface area contributed by atoms with E-state index in [2.05, 4.69) is 25.2 Å². The number of nitrogens with one attached hydrogen (secondary N) is 2. The van der Waals surface area contributed by atoms with Crippen LogP contribution in [0, 0.1) is 0 Å². The molecule has 3 aromatic rings. The van der Waals surface area contributed by atoms with Gasteiger partial charge in [-0.3, -0.25) is 9.69 Å². The molecule has 4 N–H and O–H groups in total. The number of hydrogen-bond donors (Lipinski definition) is 3. The van der Waals surface area contributed by atoms with Crippen molar-refractivity contribution < 1.29 is 4.79 Å².